The van der Waals surface area contributed by atoms with Crippen LogP contribution >= 0.6 is 0 Å². The number of carbonyl (C=O) groups excluding carboxylic acids is 1. The van der Waals surface area contributed by atoms with Crippen LogP contribution in [0.1, 0.15) is 10.5 Å². The largest absolute Gasteiger partial charge is 0.505 e. The molecule has 0 radical (unpaired) electrons. The molecule has 0 spiro atoms. The first-order valence-electron chi connectivity index (χ1n) is 5.77. The van der Waals surface area contributed by atoms with E-state index in [4.69, 9.17) is 9.47 Å². The SMILES string of the molecule is CN(CC1COCCO1)C(=O)c1ncccc1O. The van der Waals surface area contributed by atoms with Gasteiger partial charge in [0.05, 0.1) is 25.9 Å². The normalized spacial score (nSPS) is 19.5. The van der Waals surface area contributed by atoms with E-state index >= 15 is 0 Å². The molecule has 1 aliphatic rings. The molecule has 98 valence electrons. The Labute approximate surface area is 105 Å². The molecule has 0 bridgehead atoms. The van der Waals surface area contributed by atoms with Crippen LogP contribution in [0.3, 0.4) is 0 Å². The number of amides is 1. The molecule has 2 heterocycles. The number of nitrogens with zero attached hydrogens (tertiary/aromatic N) is 2. The number of carbonyl (C=O) groups is 1. The van der Waals surface area contributed by atoms with Crippen LogP contribution < -0.4 is 0 Å². The lowest BCUT2D eigenvalue weighted by Crippen LogP contribution is -2.41. The molecule has 2 rings (SSSR count). The van der Waals surface area contributed by atoms with Crippen LogP contribution in [0.5, 0.6) is 5.75 Å². The van der Waals surface area contributed by atoms with Crippen LogP contribution in [0, 0.1) is 0 Å². The molecule has 1 saturated heterocycles. The van der Waals surface area contributed by atoms with Gasteiger partial charge < -0.3 is 19.5 Å². The van der Waals surface area contributed by atoms with E-state index in [1.165, 1.54) is 17.2 Å². The first-order chi connectivity index (χ1) is 8.68. The topological polar surface area (TPSA) is 71.9 Å². The summed E-state index contributed by atoms with van der Waals surface area (Å²) in [5.41, 5.74) is 0.0525. The first-order valence-corrected chi connectivity index (χ1v) is 5.77. The number of aromatic nitrogens is 1. The van der Waals surface area contributed by atoms with Crippen molar-refractivity contribution in [1.82, 2.24) is 9.88 Å². The average Bonchev–Trinajstić information content (AvgIpc) is 2.39. The van der Waals surface area contributed by atoms with Crippen molar-refractivity contribution in [1.29, 1.82) is 0 Å². The zero-order valence-corrected chi connectivity index (χ0v) is 10.2. The summed E-state index contributed by atoms with van der Waals surface area (Å²) in [6.07, 6.45) is 1.35. The standard InChI is InChI=1S/C12H16N2O4/c1-14(7-9-8-17-5-6-18-9)12(16)11-10(15)3-2-4-13-11/h2-4,9,15H,5-8H2,1H3. The number of ether oxygens (including phenoxy) is 2. The van der Waals surface area contributed by atoms with Crippen molar-refractivity contribution in [2.24, 2.45) is 0 Å². The van der Waals surface area contributed by atoms with E-state index in [9.17, 15) is 9.90 Å². The minimum Gasteiger partial charge on any atom is -0.505 e. The molecule has 0 aliphatic carbocycles. The molecule has 1 fully saturated rings. The Morgan fingerprint density at radius 1 is 1.61 bits per heavy atom. The van der Waals surface area contributed by atoms with Gasteiger partial charge in [-0.05, 0) is 12.1 Å². The summed E-state index contributed by atoms with van der Waals surface area (Å²) >= 11 is 0. The molecule has 1 amide bonds. The summed E-state index contributed by atoms with van der Waals surface area (Å²) in [7, 11) is 1.65. The van der Waals surface area contributed by atoms with Gasteiger partial charge in [0.25, 0.3) is 5.91 Å². The summed E-state index contributed by atoms with van der Waals surface area (Å²) in [4.78, 5) is 17.4. The van der Waals surface area contributed by atoms with Gasteiger partial charge in [0.15, 0.2) is 5.69 Å². The van der Waals surface area contributed by atoms with Gasteiger partial charge in [0.1, 0.15) is 5.75 Å². The second-order valence-electron chi connectivity index (χ2n) is 4.12. The minimum absolute atomic E-state index is 0.0525. The van der Waals surface area contributed by atoms with Crippen molar-refractivity contribution in [2.75, 3.05) is 33.4 Å². The first kappa shape index (κ1) is 12.8. The van der Waals surface area contributed by atoms with Crippen molar-refractivity contribution in [3.8, 4) is 5.75 Å². The van der Waals surface area contributed by atoms with Gasteiger partial charge in [-0.25, -0.2) is 4.98 Å². The van der Waals surface area contributed by atoms with E-state index in [0.717, 1.165) is 0 Å². The third-order valence-electron chi connectivity index (χ3n) is 2.70. The smallest absolute Gasteiger partial charge is 0.276 e. The monoisotopic (exact) mass is 252 g/mol. The van der Waals surface area contributed by atoms with E-state index in [2.05, 4.69) is 4.98 Å². The molecule has 0 aromatic carbocycles. The van der Waals surface area contributed by atoms with Crippen LogP contribution in [-0.4, -0.2) is 60.4 Å². The number of rotatable bonds is 3. The molecule has 0 saturated carbocycles. The molecule has 18 heavy (non-hydrogen) atoms. The highest BCUT2D eigenvalue weighted by Crippen LogP contribution is 2.15. The minimum atomic E-state index is -0.331. The lowest BCUT2D eigenvalue weighted by molar-refractivity contribution is -0.0933. The maximum Gasteiger partial charge on any atom is 0.276 e. The third-order valence-corrected chi connectivity index (χ3v) is 2.70. The Kier molecular flexibility index (Phi) is 4.11. The van der Waals surface area contributed by atoms with E-state index < -0.39 is 0 Å². The van der Waals surface area contributed by atoms with E-state index in [-0.39, 0.29) is 23.5 Å². The van der Waals surface area contributed by atoms with Crippen LogP contribution in [0.4, 0.5) is 0 Å². The predicted molar refractivity (Wildman–Crippen MR) is 63.4 cm³/mol. The van der Waals surface area contributed by atoms with Gasteiger partial charge in [0.2, 0.25) is 0 Å². The fourth-order valence-electron chi connectivity index (χ4n) is 1.77. The average molecular weight is 252 g/mol. The summed E-state index contributed by atoms with van der Waals surface area (Å²) in [5, 5.41) is 9.57. The maximum absolute atomic E-state index is 12.0. The summed E-state index contributed by atoms with van der Waals surface area (Å²) in [6, 6.07) is 3.01. The van der Waals surface area contributed by atoms with Crippen LogP contribution in [0.2, 0.25) is 0 Å². The van der Waals surface area contributed by atoms with Gasteiger partial charge in [-0.3, -0.25) is 4.79 Å². The van der Waals surface area contributed by atoms with E-state index in [1.807, 2.05) is 0 Å². The van der Waals surface area contributed by atoms with Gasteiger partial charge in [0, 0.05) is 19.8 Å². The molecule has 6 heteroatoms. The Bertz CT molecular complexity index is 418. The highest BCUT2D eigenvalue weighted by Gasteiger charge is 2.22. The predicted octanol–water partition coefficient (Wildman–Crippen LogP) is 0.275. The van der Waals surface area contributed by atoms with Gasteiger partial charge in [-0.1, -0.05) is 0 Å². The number of likely N-dealkylation sites (N-methyl/N-ethyl adjacent to an activating group) is 1. The van der Waals surface area contributed by atoms with Crippen LogP contribution in [0.25, 0.3) is 0 Å². The zero-order valence-electron chi connectivity index (χ0n) is 10.2. The number of hydrogen-bond acceptors (Lipinski definition) is 5. The lowest BCUT2D eigenvalue weighted by atomic mass is 10.2. The molecule has 1 aliphatic heterocycles. The number of aromatic hydroxyl groups is 1. The van der Waals surface area contributed by atoms with Crippen LogP contribution in [-0.2, 0) is 9.47 Å². The summed E-state index contributed by atoms with van der Waals surface area (Å²) in [6.45, 7) is 2.03. The number of hydrogen-bond donors (Lipinski definition) is 1. The third kappa shape index (κ3) is 2.96. The molecule has 1 unspecified atom stereocenters. The summed E-state index contributed by atoms with van der Waals surface area (Å²) in [5.74, 6) is -0.447. The van der Waals surface area contributed by atoms with Gasteiger partial charge in [-0.15, -0.1) is 0 Å². The van der Waals surface area contributed by atoms with E-state index in [0.29, 0.717) is 26.4 Å². The molecule has 1 aromatic rings. The van der Waals surface area contributed by atoms with E-state index in [1.54, 1.807) is 13.1 Å². The molecular formula is C12H16N2O4. The zero-order chi connectivity index (χ0) is 13.0. The van der Waals surface area contributed by atoms with Gasteiger partial charge >= 0.3 is 0 Å². The Hall–Kier alpha value is -1.66. The highest BCUT2D eigenvalue weighted by molar-refractivity contribution is 5.94. The molecule has 1 atom stereocenters. The van der Waals surface area contributed by atoms with Gasteiger partial charge in [-0.2, -0.15) is 0 Å². The van der Waals surface area contributed by atoms with Crippen molar-refractivity contribution < 1.29 is 19.4 Å². The fourth-order valence-corrected chi connectivity index (χ4v) is 1.77. The highest BCUT2D eigenvalue weighted by atomic mass is 16.6. The Morgan fingerprint density at radius 2 is 2.44 bits per heavy atom. The maximum atomic E-state index is 12.0. The van der Waals surface area contributed by atoms with Crippen molar-refractivity contribution in [3.05, 3.63) is 24.0 Å². The molecule has 6 nitrogen and oxygen atoms in total. The van der Waals surface area contributed by atoms with Crippen molar-refractivity contribution in [2.45, 2.75) is 6.10 Å². The molecular weight excluding hydrogens is 236 g/mol. The van der Waals surface area contributed by atoms with Crippen LogP contribution in [0.15, 0.2) is 18.3 Å². The summed E-state index contributed by atoms with van der Waals surface area (Å²) < 4.78 is 10.7. The lowest BCUT2D eigenvalue weighted by Gasteiger charge is -2.27. The van der Waals surface area contributed by atoms with Crippen molar-refractivity contribution >= 4 is 5.91 Å². The number of pyridine rings is 1. The molecule has 1 N–H and O–H groups in total. The quantitative estimate of drug-likeness (QED) is 0.836. The second kappa shape index (κ2) is 5.79. The fraction of sp³-hybridized carbons (Fsp3) is 0.500. The van der Waals surface area contributed by atoms with Crippen molar-refractivity contribution in [3.63, 3.8) is 0 Å². The Morgan fingerprint density at radius 3 is 3.11 bits per heavy atom. The Balaban J connectivity index is 1.98. The molecule has 1 aromatic heterocycles. The second-order valence-corrected chi connectivity index (χ2v) is 4.12.